The maximum absolute atomic E-state index is 8.90. The maximum Gasteiger partial charge on any atom is 0.181 e. The van der Waals surface area contributed by atoms with Crippen molar-refractivity contribution in [1.29, 1.82) is 5.26 Å². The summed E-state index contributed by atoms with van der Waals surface area (Å²) in [5.74, 6) is 1.70. The predicted molar refractivity (Wildman–Crippen MR) is 89.6 cm³/mol. The third-order valence-electron chi connectivity index (χ3n) is 4.51. The molecule has 1 aliphatic rings. The molecule has 0 aliphatic heterocycles. The number of para-hydroxylation sites is 1. The van der Waals surface area contributed by atoms with E-state index in [9.17, 15) is 0 Å². The topological polar surface area (TPSA) is 45.0 Å². The van der Waals surface area contributed by atoms with Crippen molar-refractivity contribution in [3.63, 3.8) is 0 Å². The van der Waals surface area contributed by atoms with Crippen LogP contribution in [0.15, 0.2) is 24.3 Å². The second kappa shape index (κ2) is 8.80. The molecular weight excluding hydrogens is 272 g/mol. The minimum atomic E-state index is -0.416. The Hall–Kier alpha value is -1.53. The first kappa shape index (κ1) is 16.8. The number of hydrogen-bond donors (Lipinski definition) is 1. The molecule has 0 radical (unpaired) electrons. The van der Waals surface area contributed by atoms with Crippen LogP contribution < -0.4 is 10.1 Å². The van der Waals surface area contributed by atoms with Gasteiger partial charge in [-0.3, -0.25) is 0 Å². The zero-order valence-electron chi connectivity index (χ0n) is 13.8. The molecular formula is C19H28N2O. The van der Waals surface area contributed by atoms with E-state index >= 15 is 0 Å². The minimum absolute atomic E-state index is 0.416. The molecule has 0 aromatic heterocycles. The Kier molecular flexibility index (Phi) is 6.74. The first-order valence-corrected chi connectivity index (χ1v) is 8.56. The van der Waals surface area contributed by atoms with Gasteiger partial charge in [0.2, 0.25) is 0 Å². The molecule has 0 spiro atoms. The molecule has 1 aromatic carbocycles. The molecule has 0 heterocycles. The number of nitrogens with one attached hydrogen (secondary N) is 1. The second-order valence-electron chi connectivity index (χ2n) is 6.52. The SMILES string of the molecule is CC(C#N)Oc1ccccc1CN[C@@H](C)CC1CCCCC1. The van der Waals surface area contributed by atoms with Crippen molar-refractivity contribution in [1.82, 2.24) is 5.32 Å². The Balaban J connectivity index is 1.84. The number of benzene rings is 1. The Morgan fingerprint density at radius 2 is 1.95 bits per heavy atom. The maximum atomic E-state index is 8.90. The molecule has 0 bridgehead atoms. The number of nitriles is 1. The van der Waals surface area contributed by atoms with Gasteiger partial charge in [0.05, 0.1) is 0 Å². The van der Waals surface area contributed by atoms with E-state index in [-0.39, 0.29) is 0 Å². The van der Waals surface area contributed by atoms with E-state index in [2.05, 4.69) is 24.4 Å². The lowest BCUT2D eigenvalue weighted by Crippen LogP contribution is -2.28. The lowest BCUT2D eigenvalue weighted by Gasteiger charge is -2.25. The zero-order valence-corrected chi connectivity index (χ0v) is 13.8. The molecule has 1 saturated carbocycles. The largest absolute Gasteiger partial charge is 0.476 e. The van der Waals surface area contributed by atoms with Gasteiger partial charge in [0.25, 0.3) is 0 Å². The highest BCUT2D eigenvalue weighted by molar-refractivity contribution is 5.33. The van der Waals surface area contributed by atoms with Crippen molar-refractivity contribution in [3.05, 3.63) is 29.8 Å². The van der Waals surface area contributed by atoms with Gasteiger partial charge in [-0.2, -0.15) is 5.26 Å². The molecule has 2 rings (SSSR count). The van der Waals surface area contributed by atoms with E-state index in [4.69, 9.17) is 10.00 Å². The Morgan fingerprint density at radius 3 is 2.68 bits per heavy atom. The van der Waals surface area contributed by atoms with Crippen LogP contribution in [-0.4, -0.2) is 12.1 Å². The fourth-order valence-electron chi connectivity index (χ4n) is 3.27. The monoisotopic (exact) mass is 300 g/mol. The highest BCUT2D eigenvalue weighted by Gasteiger charge is 2.16. The van der Waals surface area contributed by atoms with Gasteiger partial charge in [0.1, 0.15) is 11.8 Å². The van der Waals surface area contributed by atoms with Crippen LogP contribution >= 0.6 is 0 Å². The van der Waals surface area contributed by atoms with Crippen molar-refractivity contribution in [3.8, 4) is 11.8 Å². The molecule has 1 aromatic rings. The highest BCUT2D eigenvalue weighted by Crippen LogP contribution is 2.27. The first-order chi connectivity index (χ1) is 10.7. The summed E-state index contributed by atoms with van der Waals surface area (Å²) in [6.07, 6.45) is 7.86. The van der Waals surface area contributed by atoms with Crippen LogP contribution in [0, 0.1) is 17.2 Å². The molecule has 22 heavy (non-hydrogen) atoms. The molecule has 2 atom stereocenters. The summed E-state index contributed by atoms with van der Waals surface area (Å²) in [5, 5.41) is 12.5. The summed E-state index contributed by atoms with van der Waals surface area (Å²) >= 11 is 0. The van der Waals surface area contributed by atoms with E-state index < -0.39 is 6.10 Å². The molecule has 3 heteroatoms. The van der Waals surface area contributed by atoms with Crippen LogP contribution in [0.5, 0.6) is 5.75 Å². The van der Waals surface area contributed by atoms with Gasteiger partial charge >= 0.3 is 0 Å². The van der Waals surface area contributed by atoms with Crippen molar-refractivity contribution in [2.24, 2.45) is 5.92 Å². The Labute approximate surface area is 134 Å². The number of ether oxygens (including phenoxy) is 1. The molecule has 1 N–H and O–H groups in total. The van der Waals surface area contributed by atoms with E-state index in [1.807, 2.05) is 18.2 Å². The Bertz CT molecular complexity index is 488. The normalized spacial score (nSPS) is 18.4. The van der Waals surface area contributed by atoms with E-state index in [0.29, 0.717) is 6.04 Å². The quantitative estimate of drug-likeness (QED) is 0.810. The van der Waals surface area contributed by atoms with Crippen LogP contribution in [0.3, 0.4) is 0 Å². The standard InChI is InChI=1S/C19H28N2O/c1-15(12-17-8-4-3-5-9-17)21-14-18-10-6-7-11-19(18)22-16(2)13-20/h6-7,10-11,15-17,21H,3-5,8-9,12,14H2,1-2H3/t15-,16?/m0/s1. The molecule has 1 aliphatic carbocycles. The molecule has 1 unspecified atom stereocenters. The van der Waals surface area contributed by atoms with Gasteiger partial charge in [-0.25, -0.2) is 0 Å². The van der Waals surface area contributed by atoms with Crippen LogP contribution in [0.2, 0.25) is 0 Å². The zero-order chi connectivity index (χ0) is 15.8. The van der Waals surface area contributed by atoms with E-state index in [1.54, 1.807) is 6.92 Å². The fourth-order valence-corrected chi connectivity index (χ4v) is 3.27. The van der Waals surface area contributed by atoms with Crippen molar-refractivity contribution in [2.45, 2.75) is 71.1 Å². The lowest BCUT2D eigenvalue weighted by atomic mass is 9.85. The molecule has 1 fully saturated rings. The van der Waals surface area contributed by atoms with Gasteiger partial charge in [-0.15, -0.1) is 0 Å². The first-order valence-electron chi connectivity index (χ1n) is 8.56. The van der Waals surface area contributed by atoms with Crippen molar-refractivity contribution in [2.75, 3.05) is 0 Å². The Morgan fingerprint density at radius 1 is 1.23 bits per heavy atom. The van der Waals surface area contributed by atoms with Crippen molar-refractivity contribution >= 4 is 0 Å². The third kappa shape index (κ3) is 5.35. The van der Waals surface area contributed by atoms with Gasteiger partial charge in [0.15, 0.2) is 6.10 Å². The molecule has 0 amide bonds. The molecule has 3 nitrogen and oxygen atoms in total. The summed E-state index contributed by atoms with van der Waals surface area (Å²) in [6, 6.07) is 10.6. The van der Waals surface area contributed by atoms with Gasteiger partial charge in [0, 0.05) is 18.2 Å². The summed E-state index contributed by atoms with van der Waals surface area (Å²) in [7, 11) is 0. The second-order valence-corrected chi connectivity index (χ2v) is 6.52. The summed E-state index contributed by atoms with van der Waals surface area (Å²) in [5.41, 5.74) is 1.13. The average Bonchev–Trinajstić information content (AvgIpc) is 2.55. The molecule has 120 valence electrons. The number of hydrogen-bond acceptors (Lipinski definition) is 3. The summed E-state index contributed by atoms with van der Waals surface area (Å²) < 4.78 is 5.68. The van der Waals surface area contributed by atoms with E-state index in [0.717, 1.165) is 23.8 Å². The van der Waals surface area contributed by atoms with Crippen LogP contribution in [-0.2, 0) is 6.54 Å². The van der Waals surface area contributed by atoms with Crippen LogP contribution in [0.4, 0.5) is 0 Å². The lowest BCUT2D eigenvalue weighted by molar-refractivity contribution is 0.271. The third-order valence-corrected chi connectivity index (χ3v) is 4.51. The van der Waals surface area contributed by atoms with E-state index in [1.165, 1.54) is 38.5 Å². The smallest absolute Gasteiger partial charge is 0.181 e. The fraction of sp³-hybridized carbons (Fsp3) is 0.632. The predicted octanol–water partition coefficient (Wildman–Crippen LogP) is 4.43. The summed E-state index contributed by atoms with van der Waals surface area (Å²) in [6.45, 7) is 4.84. The molecule has 0 saturated heterocycles. The van der Waals surface area contributed by atoms with Gasteiger partial charge in [-0.1, -0.05) is 50.3 Å². The minimum Gasteiger partial charge on any atom is -0.476 e. The van der Waals surface area contributed by atoms with Gasteiger partial charge in [-0.05, 0) is 32.3 Å². The summed E-state index contributed by atoms with van der Waals surface area (Å²) in [4.78, 5) is 0. The van der Waals surface area contributed by atoms with Crippen LogP contribution in [0.1, 0.15) is 57.9 Å². The van der Waals surface area contributed by atoms with Gasteiger partial charge < -0.3 is 10.1 Å². The van der Waals surface area contributed by atoms with Crippen LogP contribution in [0.25, 0.3) is 0 Å². The van der Waals surface area contributed by atoms with Crippen molar-refractivity contribution < 1.29 is 4.74 Å². The number of nitrogens with zero attached hydrogens (tertiary/aromatic N) is 1. The highest BCUT2D eigenvalue weighted by atomic mass is 16.5. The number of rotatable bonds is 7. The average molecular weight is 300 g/mol.